The van der Waals surface area contributed by atoms with Crippen LogP contribution < -0.4 is 5.32 Å². The Balaban J connectivity index is 2.47. The maximum atomic E-state index is 8.77. The predicted octanol–water partition coefficient (Wildman–Crippen LogP) is 2.16. The monoisotopic (exact) mass is 207 g/mol. The van der Waals surface area contributed by atoms with Crippen LogP contribution in [0.5, 0.6) is 0 Å². The van der Waals surface area contributed by atoms with Crippen LogP contribution in [0.3, 0.4) is 0 Å². The minimum absolute atomic E-state index is 0.251. The maximum absolute atomic E-state index is 8.77. The van der Waals surface area contributed by atoms with Gasteiger partial charge in [-0.1, -0.05) is 18.2 Å². The third-order valence-electron chi connectivity index (χ3n) is 2.79. The number of benzene rings is 1. The fraction of sp³-hybridized carbons (Fsp3) is 0.538. The third-order valence-corrected chi connectivity index (χ3v) is 2.79. The Bertz CT molecular complexity index is 309. The fourth-order valence-corrected chi connectivity index (χ4v) is 1.50. The number of aliphatic hydroxyl groups is 1. The molecule has 2 N–H and O–H groups in total. The largest absolute Gasteiger partial charge is 0.396 e. The molecule has 0 radical (unpaired) electrons. The molecule has 0 bridgehead atoms. The molecule has 0 aliphatic rings. The van der Waals surface area contributed by atoms with Crippen LogP contribution in [0.25, 0.3) is 0 Å². The van der Waals surface area contributed by atoms with Gasteiger partial charge in [-0.2, -0.15) is 0 Å². The van der Waals surface area contributed by atoms with Crippen molar-refractivity contribution in [3.05, 3.63) is 34.9 Å². The van der Waals surface area contributed by atoms with Crippen LogP contribution >= 0.6 is 0 Å². The summed E-state index contributed by atoms with van der Waals surface area (Å²) in [5, 5.41) is 12.2. The minimum Gasteiger partial charge on any atom is -0.396 e. The lowest BCUT2D eigenvalue weighted by Crippen LogP contribution is -2.26. The quantitative estimate of drug-likeness (QED) is 0.775. The van der Waals surface area contributed by atoms with Crippen LogP contribution in [0.2, 0.25) is 0 Å². The highest BCUT2D eigenvalue weighted by atomic mass is 16.3. The van der Waals surface area contributed by atoms with Gasteiger partial charge in [-0.15, -0.1) is 0 Å². The van der Waals surface area contributed by atoms with E-state index in [1.807, 2.05) is 0 Å². The number of hydrogen-bond donors (Lipinski definition) is 2. The van der Waals surface area contributed by atoms with Crippen LogP contribution in [-0.4, -0.2) is 17.8 Å². The van der Waals surface area contributed by atoms with Gasteiger partial charge in [0.2, 0.25) is 0 Å². The lowest BCUT2D eigenvalue weighted by molar-refractivity contribution is 0.268. The first-order valence-electron chi connectivity index (χ1n) is 5.54. The van der Waals surface area contributed by atoms with Crippen LogP contribution in [0, 0.1) is 13.8 Å². The van der Waals surface area contributed by atoms with E-state index in [0.717, 1.165) is 13.0 Å². The maximum Gasteiger partial charge on any atom is 0.0445 e. The molecule has 2 nitrogen and oxygen atoms in total. The fourth-order valence-electron chi connectivity index (χ4n) is 1.50. The summed E-state index contributed by atoms with van der Waals surface area (Å²) in [5.41, 5.74) is 3.98. The van der Waals surface area contributed by atoms with Crippen LogP contribution in [-0.2, 0) is 6.54 Å². The SMILES string of the molecule is Cc1ccc(CN[C@H](C)CCO)cc1C. The summed E-state index contributed by atoms with van der Waals surface area (Å²) in [4.78, 5) is 0. The molecule has 1 rings (SSSR count). The Morgan fingerprint density at radius 2 is 2.00 bits per heavy atom. The first-order valence-corrected chi connectivity index (χ1v) is 5.54. The van der Waals surface area contributed by atoms with E-state index in [9.17, 15) is 0 Å². The Morgan fingerprint density at radius 3 is 2.60 bits per heavy atom. The molecule has 0 aromatic heterocycles. The van der Waals surface area contributed by atoms with Gasteiger partial charge in [-0.3, -0.25) is 0 Å². The van der Waals surface area contributed by atoms with Gasteiger partial charge in [0.25, 0.3) is 0 Å². The molecular weight excluding hydrogens is 186 g/mol. The van der Waals surface area contributed by atoms with Gasteiger partial charge in [0.1, 0.15) is 0 Å². The van der Waals surface area contributed by atoms with Crippen molar-refractivity contribution in [2.75, 3.05) is 6.61 Å². The average Bonchev–Trinajstić information content (AvgIpc) is 2.20. The van der Waals surface area contributed by atoms with E-state index >= 15 is 0 Å². The van der Waals surface area contributed by atoms with Crippen molar-refractivity contribution in [3.63, 3.8) is 0 Å². The van der Waals surface area contributed by atoms with Crippen molar-refractivity contribution >= 4 is 0 Å². The van der Waals surface area contributed by atoms with Crippen molar-refractivity contribution in [3.8, 4) is 0 Å². The Labute approximate surface area is 92.3 Å². The van der Waals surface area contributed by atoms with E-state index in [1.165, 1.54) is 16.7 Å². The van der Waals surface area contributed by atoms with E-state index in [-0.39, 0.29) is 6.61 Å². The van der Waals surface area contributed by atoms with E-state index in [0.29, 0.717) is 6.04 Å². The van der Waals surface area contributed by atoms with Crippen molar-refractivity contribution in [1.29, 1.82) is 0 Å². The molecule has 84 valence electrons. The van der Waals surface area contributed by atoms with Gasteiger partial charge < -0.3 is 10.4 Å². The molecule has 0 heterocycles. The molecule has 1 atom stereocenters. The van der Waals surface area contributed by atoms with Gasteiger partial charge in [0, 0.05) is 19.2 Å². The summed E-state index contributed by atoms with van der Waals surface area (Å²) in [6.45, 7) is 7.48. The number of hydrogen-bond acceptors (Lipinski definition) is 2. The van der Waals surface area contributed by atoms with Gasteiger partial charge in [0.15, 0.2) is 0 Å². The molecule has 0 unspecified atom stereocenters. The van der Waals surface area contributed by atoms with Crippen molar-refractivity contribution < 1.29 is 5.11 Å². The Kier molecular flexibility index (Phi) is 4.79. The zero-order valence-electron chi connectivity index (χ0n) is 9.88. The number of rotatable bonds is 5. The minimum atomic E-state index is 0.251. The van der Waals surface area contributed by atoms with E-state index in [4.69, 9.17) is 5.11 Å². The number of nitrogens with one attached hydrogen (secondary N) is 1. The van der Waals surface area contributed by atoms with Gasteiger partial charge >= 0.3 is 0 Å². The summed E-state index contributed by atoms with van der Waals surface area (Å²) < 4.78 is 0. The molecule has 15 heavy (non-hydrogen) atoms. The second kappa shape index (κ2) is 5.89. The normalized spacial score (nSPS) is 12.8. The summed E-state index contributed by atoms with van der Waals surface area (Å²) in [7, 11) is 0. The lowest BCUT2D eigenvalue weighted by Gasteiger charge is -2.13. The standard InChI is InChI=1S/C13H21NO/c1-10-4-5-13(8-11(10)2)9-14-12(3)6-7-15/h4-5,8,12,14-15H,6-7,9H2,1-3H3/t12-/m1/s1. The first kappa shape index (κ1) is 12.2. The molecule has 0 amide bonds. The van der Waals surface area contributed by atoms with Crippen LogP contribution in [0.4, 0.5) is 0 Å². The van der Waals surface area contributed by atoms with Gasteiger partial charge in [0.05, 0.1) is 0 Å². The van der Waals surface area contributed by atoms with Crippen molar-refractivity contribution in [1.82, 2.24) is 5.32 Å². The van der Waals surface area contributed by atoms with Gasteiger partial charge in [-0.25, -0.2) is 0 Å². The lowest BCUT2D eigenvalue weighted by atomic mass is 10.1. The average molecular weight is 207 g/mol. The molecule has 0 aliphatic carbocycles. The molecule has 0 spiro atoms. The van der Waals surface area contributed by atoms with Crippen LogP contribution in [0.1, 0.15) is 30.0 Å². The summed E-state index contributed by atoms with van der Waals surface area (Å²) in [5.74, 6) is 0. The predicted molar refractivity (Wildman–Crippen MR) is 63.9 cm³/mol. The summed E-state index contributed by atoms with van der Waals surface area (Å²) in [6, 6.07) is 6.90. The van der Waals surface area contributed by atoms with Gasteiger partial charge in [-0.05, 0) is 43.9 Å². The Morgan fingerprint density at radius 1 is 1.27 bits per heavy atom. The zero-order chi connectivity index (χ0) is 11.3. The topological polar surface area (TPSA) is 32.3 Å². The molecule has 0 saturated heterocycles. The van der Waals surface area contributed by atoms with Crippen molar-refractivity contribution in [2.24, 2.45) is 0 Å². The summed E-state index contributed by atoms with van der Waals surface area (Å²) >= 11 is 0. The molecule has 2 heteroatoms. The molecule has 0 saturated carbocycles. The number of aryl methyl sites for hydroxylation is 2. The molecule has 1 aromatic rings. The third kappa shape index (κ3) is 4.02. The number of aliphatic hydroxyl groups excluding tert-OH is 1. The Hall–Kier alpha value is -0.860. The highest BCUT2D eigenvalue weighted by Gasteiger charge is 2.01. The smallest absolute Gasteiger partial charge is 0.0445 e. The second-order valence-electron chi connectivity index (χ2n) is 4.21. The molecular formula is C13H21NO. The molecule has 0 fully saturated rings. The van der Waals surface area contributed by atoms with E-state index in [2.05, 4.69) is 44.3 Å². The first-order chi connectivity index (χ1) is 7.13. The van der Waals surface area contributed by atoms with E-state index in [1.54, 1.807) is 0 Å². The highest BCUT2D eigenvalue weighted by Crippen LogP contribution is 2.09. The molecule has 1 aromatic carbocycles. The van der Waals surface area contributed by atoms with Crippen molar-refractivity contribution in [2.45, 2.75) is 39.8 Å². The zero-order valence-corrected chi connectivity index (χ0v) is 9.88. The highest BCUT2D eigenvalue weighted by molar-refractivity contribution is 5.29. The van der Waals surface area contributed by atoms with E-state index < -0.39 is 0 Å². The van der Waals surface area contributed by atoms with Crippen LogP contribution in [0.15, 0.2) is 18.2 Å². The molecule has 0 aliphatic heterocycles. The summed E-state index contributed by atoms with van der Waals surface area (Å²) in [6.07, 6.45) is 0.810. The second-order valence-corrected chi connectivity index (χ2v) is 4.21.